The van der Waals surface area contributed by atoms with Crippen LogP contribution < -0.4 is 24.8 Å². The average molecular weight is 472 g/mol. The van der Waals surface area contributed by atoms with E-state index in [1.54, 1.807) is 18.2 Å². The number of rotatable bonds is 11. The largest absolute Gasteiger partial charge is 0.490 e. The first-order chi connectivity index (χ1) is 16.0. The molecule has 33 heavy (non-hydrogen) atoms. The number of fused-ring (bicyclic) bond motifs is 1. The van der Waals surface area contributed by atoms with Gasteiger partial charge in [-0.15, -0.1) is 0 Å². The summed E-state index contributed by atoms with van der Waals surface area (Å²) < 4.78 is 18.0. The standard InChI is InChI=1S/C24H29N3O5S/c1-5-9-21(28)27-24-26-17-11-10-16(14-20(17)33-24)25-23(29)15-12-18(30-6-2)22(32-8-4)19(13-15)31-7-3/h10-14H,5-9H2,1-4H3,(H,25,29)(H,26,27,28). The molecule has 0 spiro atoms. The quantitative estimate of drug-likeness (QED) is 0.384. The van der Waals surface area contributed by atoms with E-state index in [0.29, 0.717) is 59.9 Å². The zero-order valence-corrected chi connectivity index (χ0v) is 20.1. The van der Waals surface area contributed by atoms with Crippen LogP contribution in [0.5, 0.6) is 17.2 Å². The molecule has 0 saturated carbocycles. The number of amides is 2. The second-order valence-electron chi connectivity index (χ2n) is 7.05. The Hall–Kier alpha value is -3.33. The molecule has 0 unspecified atom stereocenters. The smallest absolute Gasteiger partial charge is 0.255 e. The van der Waals surface area contributed by atoms with Gasteiger partial charge in [0.25, 0.3) is 5.91 Å². The van der Waals surface area contributed by atoms with Gasteiger partial charge in [0.1, 0.15) is 0 Å². The van der Waals surface area contributed by atoms with E-state index in [1.807, 2.05) is 39.8 Å². The van der Waals surface area contributed by atoms with Crippen molar-refractivity contribution >= 4 is 44.2 Å². The normalized spacial score (nSPS) is 10.7. The van der Waals surface area contributed by atoms with E-state index in [9.17, 15) is 9.59 Å². The third-order valence-electron chi connectivity index (χ3n) is 4.54. The summed E-state index contributed by atoms with van der Waals surface area (Å²) in [6, 6.07) is 8.73. The zero-order chi connectivity index (χ0) is 23.8. The molecule has 0 aliphatic rings. The van der Waals surface area contributed by atoms with Crippen LogP contribution in [-0.2, 0) is 4.79 Å². The Balaban J connectivity index is 1.84. The van der Waals surface area contributed by atoms with Gasteiger partial charge in [-0.25, -0.2) is 4.98 Å². The van der Waals surface area contributed by atoms with E-state index in [-0.39, 0.29) is 11.8 Å². The summed E-state index contributed by atoms with van der Waals surface area (Å²) in [6.07, 6.45) is 1.22. The number of hydrogen-bond acceptors (Lipinski definition) is 7. The first kappa shape index (κ1) is 24.3. The number of aromatic nitrogens is 1. The molecule has 0 bridgehead atoms. The number of nitrogens with one attached hydrogen (secondary N) is 2. The molecule has 176 valence electrons. The van der Waals surface area contributed by atoms with Crippen LogP contribution in [-0.4, -0.2) is 36.6 Å². The third-order valence-corrected chi connectivity index (χ3v) is 5.47. The highest BCUT2D eigenvalue weighted by molar-refractivity contribution is 7.22. The molecule has 2 N–H and O–H groups in total. The van der Waals surface area contributed by atoms with E-state index < -0.39 is 0 Å². The zero-order valence-electron chi connectivity index (χ0n) is 19.3. The first-order valence-electron chi connectivity index (χ1n) is 11.1. The Bertz CT molecular complexity index is 1100. The molecule has 2 amide bonds. The van der Waals surface area contributed by atoms with Crippen LogP contribution in [0, 0.1) is 0 Å². The third kappa shape index (κ3) is 6.13. The Morgan fingerprint density at radius 3 is 2.18 bits per heavy atom. The number of nitrogens with zero attached hydrogens (tertiary/aromatic N) is 1. The lowest BCUT2D eigenvalue weighted by Crippen LogP contribution is -2.13. The van der Waals surface area contributed by atoms with E-state index >= 15 is 0 Å². The predicted molar refractivity (Wildman–Crippen MR) is 131 cm³/mol. The van der Waals surface area contributed by atoms with Crippen LogP contribution in [0.2, 0.25) is 0 Å². The van der Waals surface area contributed by atoms with Crippen molar-refractivity contribution in [2.45, 2.75) is 40.5 Å². The van der Waals surface area contributed by atoms with Crippen molar-refractivity contribution < 1.29 is 23.8 Å². The van der Waals surface area contributed by atoms with Crippen molar-refractivity contribution in [3.05, 3.63) is 35.9 Å². The van der Waals surface area contributed by atoms with Crippen molar-refractivity contribution in [1.29, 1.82) is 0 Å². The van der Waals surface area contributed by atoms with Crippen LogP contribution in [0.4, 0.5) is 10.8 Å². The van der Waals surface area contributed by atoms with Gasteiger partial charge in [0, 0.05) is 17.7 Å². The monoisotopic (exact) mass is 471 g/mol. The molecule has 0 aliphatic carbocycles. The fourth-order valence-corrected chi connectivity index (χ4v) is 4.11. The topological polar surface area (TPSA) is 98.8 Å². The van der Waals surface area contributed by atoms with Gasteiger partial charge >= 0.3 is 0 Å². The molecule has 0 radical (unpaired) electrons. The Labute approximate surface area is 197 Å². The predicted octanol–water partition coefficient (Wildman–Crippen LogP) is 5.48. The van der Waals surface area contributed by atoms with E-state index in [1.165, 1.54) is 11.3 Å². The molecule has 3 rings (SSSR count). The molecule has 2 aromatic carbocycles. The Morgan fingerprint density at radius 1 is 0.909 bits per heavy atom. The number of ether oxygens (including phenoxy) is 3. The van der Waals surface area contributed by atoms with E-state index in [4.69, 9.17) is 14.2 Å². The number of thiazole rings is 1. The van der Waals surface area contributed by atoms with Gasteiger partial charge in [-0.2, -0.15) is 0 Å². The Kier molecular flexibility index (Phi) is 8.48. The summed E-state index contributed by atoms with van der Waals surface area (Å²) >= 11 is 1.36. The van der Waals surface area contributed by atoms with Gasteiger partial charge in [0.2, 0.25) is 11.7 Å². The van der Waals surface area contributed by atoms with Crippen LogP contribution >= 0.6 is 11.3 Å². The van der Waals surface area contributed by atoms with Crippen LogP contribution in [0.25, 0.3) is 10.2 Å². The van der Waals surface area contributed by atoms with Crippen LogP contribution in [0.1, 0.15) is 50.9 Å². The lowest BCUT2D eigenvalue weighted by Gasteiger charge is -2.17. The molecular formula is C24H29N3O5S. The highest BCUT2D eigenvalue weighted by Crippen LogP contribution is 2.39. The number of carbonyl (C=O) groups excluding carboxylic acids is 2. The molecule has 0 saturated heterocycles. The van der Waals surface area contributed by atoms with Gasteiger partial charge in [-0.3, -0.25) is 9.59 Å². The van der Waals surface area contributed by atoms with Crippen molar-refractivity contribution in [2.75, 3.05) is 30.5 Å². The maximum Gasteiger partial charge on any atom is 0.255 e. The van der Waals surface area contributed by atoms with Crippen molar-refractivity contribution in [2.24, 2.45) is 0 Å². The Morgan fingerprint density at radius 2 is 1.58 bits per heavy atom. The summed E-state index contributed by atoms with van der Waals surface area (Å²) in [4.78, 5) is 29.3. The van der Waals surface area contributed by atoms with Gasteiger partial charge in [0.15, 0.2) is 16.6 Å². The van der Waals surface area contributed by atoms with Gasteiger partial charge in [-0.1, -0.05) is 18.3 Å². The second-order valence-corrected chi connectivity index (χ2v) is 8.09. The van der Waals surface area contributed by atoms with Crippen molar-refractivity contribution in [1.82, 2.24) is 4.98 Å². The summed E-state index contributed by atoms with van der Waals surface area (Å²) in [7, 11) is 0. The fourth-order valence-electron chi connectivity index (χ4n) is 3.19. The minimum Gasteiger partial charge on any atom is -0.490 e. The molecule has 9 heteroatoms. The molecule has 1 heterocycles. The molecular weight excluding hydrogens is 442 g/mol. The first-order valence-corrected chi connectivity index (χ1v) is 11.9. The van der Waals surface area contributed by atoms with Crippen LogP contribution in [0.15, 0.2) is 30.3 Å². The molecule has 3 aromatic rings. The SMILES string of the molecule is CCCC(=O)Nc1nc2ccc(NC(=O)c3cc(OCC)c(OCC)c(OCC)c3)cc2s1. The fraction of sp³-hybridized carbons (Fsp3) is 0.375. The maximum absolute atomic E-state index is 13.0. The highest BCUT2D eigenvalue weighted by Gasteiger charge is 2.19. The van der Waals surface area contributed by atoms with Gasteiger partial charge in [0.05, 0.1) is 30.0 Å². The number of hydrogen-bond donors (Lipinski definition) is 2. The van der Waals surface area contributed by atoms with Gasteiger partial charge < -0.3 is 24.8 Å². The number of anilines is 2. The highest BCUT2D eigenvalue weighted by atomic mass is 32.1. The summed E-state index contributed by atoms with van der Waals surface area (Å²) in [5, 5.41) is 6.27. The number of benzene rings is 2. The summed E-state index contributed by atoms with van der Waals surface area (Å²) in [5.74, 6) is 1.04. The maximum atomic E-state index is 13.0. The average Bonchev–Trinajstić information content (AvgIpc) is 3.17. The van der Waals surface area contributed by atoms with Crippen molar-refractivity contribution in [3.8, 4) is 17.2 Å². The van der Waals surface area contributed by atoms with E-state index in [0.717, 1.165) is 16.6 Å². The molecule has 1 aromatic heterocycles. The lowest BCUT2D eigenvalue weighted by atomic mass is 10.1. The summed E-state index contributed by atoms with van der Waals surface area (Å²) in [6.45, 7) is 8.86. The van der Waals surface area contributed by atoms with Crippen molar-refractivity contribution in [3.63, 3.8) is 0 Å². The minimum atomic E-state index is -0.305. The van der Waals surface area contributed by atoms with Crippen LogP contribution in [0.3, 0.4) is 0 Å². The minimum absolute atomic E-state index is 0.0595. The molecule has 0 atom stereocenters. The lowest BCUT2D eigenvalue weighted by molar-refractivity contribution is -0.116. The molecule has 0 fully saturated rings. The van der Waals surface area contributed by atoms with E-state index in [2.05, 4.69) is 15.6 Å². The molecule has 0 aliphatic heterocycles. The second kappa shape index (κ2) is 11.5. The number of carbonyl (C=O) groups is 2. The van der Waals surface area contributed by atoms with Gasteiger partial charge in [-0.05, 0) is 57.5 Å². The summed E-state index contributed by atoms with van der Waals surface area (Å²) in [5.41, 5.74) is 1.76. The molecule has 8 nitrogen and oxygen atoms in total.